The zero-order valence-electron chi connectivity index (χ0n) is 14.4. The van der Waals surface area contributed by atoms with E-state index in [1.807, 2.05) is 50.2 Å². The number of rotatable bonds is 7. The minimum Gasteiger partial charge on any atom is -0.481 e. The molecule has 0 bridgehead atoms. The van der Waals surface area contributed by atoms with Crippen LogP contribution in [0.3, 0.4) is 0 Å². The second kappa shape index (κ2) is 8.62. The maximum absolute atomic E-state index is 12.3. The second-order valence-electron chi connectivity index (χ2n) is 5.80. The molecule has 0 fully saturated rings. The molecule has 0 saturated heterocycles. The number of hydrogen-bond acceptors (Lipinski definition) is 5. The highest BCUT2D eigenvalue weighted by atomic mass is 32.2. The molecule has 2 N–H and O–H groups in total. The first-order valence-electron chi connectivity index (χ1n) is 7.89. The summed E-state index contributed by atoms with van der Waals surface area (Å²) in [4.78, 5) is 32.3. The second-order valence-corrected chi connectivity index (χ2v) is 6.75. The van der Waals surface area contributed by atoms with E-state index in [0.717, 1.165) is 17.0 Å². The lowest BCUT2D eigenvalue weighted by molar-refractivity contribution is -0.142. The van der Waals surface area contributed by atoms with Crippen LogP contribution in [0, 0.1) is 19.8 Å². The maximum Gasteiger partial charge on any atom is 0.308 e. The number of carboxylic acids is 1. The molecule has 2 aromatic rings. The Kier molecular flexibility index (Phi) is 6.52. The molecule has 1 aromatic heterocycles. The molecule has 0 aliphatic rings. The third kappa shape index (κ3) is 5.56. The summed E-state index contributed by atoms with van der Waals surface area (Å²) < 4.78 is 0. The number of nitrogens with zero attached hydrogens (tertiary/aromatic N) is 2. The van der Waals surface area contributed by atoms with Gasteiger partial charge in [0, 0.05) is 11.4 Å². The summed E-state index contributed by atoms with van der Waals surface area (Å²) in [5.41, 5.74) is 2.45. The summed E-state index contributed by atoms with van der Waals surface area (Å²) in [5, 5.41) is 12.7. The number of carbonyl (C=O) groups excluding carboxylic acids is 1. The van der Waals surface area contributed by atoms with E-state index in [1.54, 1.807) is 6.92 Å². The van der Waals surface area contributed by atoms with Crippen molar-refractivity contribution in [3.8, 4) is 0 Å². The van der Waals surface area contributed by atoms with Crippen molar-refractivity contribution in [2.45, 2.75) is 32.0 Å². The lowest BCUT2D eigenvalue weighted by Crippen LogP contribution is -2.36. The Morgan fingerprint density at radius 3 is 2.32 bits per heavy atom. The van der Waals surface area contributed by atoms with E-state index in [-0.39, 0.29) is 11.7 Å². The van der Waals surface area contributed by atoms with Crippen LogP contribution in [0.15, 0.2) is 41.6 Å². The number of nitrogens with one attached hydrogen (secondary N) is 1. The average molecular weight is 359 g/mol. The molecule has 0 aliphatic carbocycles. The highest BCUT2D eigenvalue weighted by molar-refractivity contribution is 7.99. The van der Waals surface area contributed by atoms with Crippen molar-refractivity contribution in [2.24, 2.45) is 5.92 Å². The summed E-state index contributed by atoms with van der Waals surface area (Å²) in [6, 6.07) is 10.4. The Bertz CT molecular complexity index is 732. The van der Waals surface area contributed by atoms with Gasteiger partial charge in [0.15, 0.2) is 5.16 Å². The van der Waals surface area contributed by atoms with Gasteiger partial charge in [-0.25, -0.2) is 9.97 Å². The largest absolute Gasteiger partial charge is 0.481 e. The van der Waals surface area contributed by atoms with E-state index < -0.39 is 17.9 Å². The molecule has 2 unspecified atom stereocenters. The molecule has 1 amide bonds. The van der Waals surface area contributed by atoms with Gasteiger partial charge in [-0.05, 0) is 32.4 Å². The first kappa shape index (κ1) is 18.9. The number of thioether (sulfide) groups is 1. The van der Waals surface area contributed by atoms with Gasteiger partial charge >= 0.3 is 5.97 Å². The number of amides is 1. The number of aryl methyl sites for hydroxylation is 2. The number of carbonyl (C=O) groups is 2. The number of aliphatic carboxylic acids is 1. The molecule has 2 rings (SSSR count). The maximum atomic E-state index is 12.3. The van der Waals surface area contributed by atoms with Gasteiger partial charge in [-0.2, -0.15) is 0 Å². The molecular formula is C18H21N3O3S. The van der Waals surface area contributed by atoms with Crippen molar-refractivity contribution in [1.82, 2.24) is 15.3 Å². The number of benzene rings is 1. The van der Waals surface area contributed by atoms with E-state index in [9.17, 15) is 14.7 Å². The average Bonchev–Trinajstić information content (AvgIpc) is 2.57. The zero-order valence-corrected chi connectivity index (χ0v) is 15.2. The molecule has 0 radical (unpaired) electrons. The first-order valence-corrected chi connectivity index (χ1v) is 8.87. The highest BCUT2D eigenvalue weighted by Gasteiger charge is 2.26. The summed E-state index contributed by atoms with van der Waals surface area (Å²) in [6.07, 6.45) is 0. The van der Waals surface area contributed by atoms with Crippen molar-refractivity contribution in [1.29, 1.82) is 0 Å². The van der Waals surface area contributed by atoms with Crippen LogP contribution in [0.1, 0.15) is 29.9 Å². The van der Waals surface area contributed by atoms with Crippen LogP contribution in [0.4, 0.5) is 0 Å². The van der Waals surface area contributed by atoms with Gasteiger partial charge < -0.3 is 10.4 Å². The molecule has 1 aromatic carbocycles. The molecule has 0 saturated carbocycles. The standard InChI is InChI=1S/C18H21N3O3S/c1-11-9-12(2)20-18(19-11)25-10-15(22)21-16(13(3)17(23)24)14-7-5-4-6-8-14/h4-9,13,16H,10H2,1-3H3,(H,21,22)(H,23,24). The van der Waals surface area contributed by atoms with Gasteiger partial charge in [0.2, 0.25) is 5.91 Å². The normalized spacial score (nSPS) is 13.1. The fraction of sp³-hybridized carbons (Fsp3) is 0.333. The minimum atomic E-state index is -0.959. The van der Waals surface area contributed by atoms with Crippen LogP contribution in [0.5, 0.6) is 0 Å². The van der Waals surface area contributed by atoms with Gasteiger partial charge in [-0.15, -0.1) is 0 Å². The molecule has 0 aliphatic heterocycles. The van der Waals surface area contributed by atoms with Gasteiger partial charge in [0.1, 0.15) is 0 Å². The fourth-order valence-corrected chi connectivity index (χ4v) is 3.16. The fourth-order valence-electron chi connectivity index (χ4n) is 2.40. The molecule has 132 valence electrons. The van der Waals surface area contributed by atoms with E-state index in [2.05, 4.69) is 15.3 Å². The zero-order chi connectivity index (χ0) is 18.4. The Hall–Kier alpha value is -2.41. The van der Waals surface area contributed by atoms with E-state index in [0.29, 0.717) is 5.16 Å². The number of hydrogen-bond donors (Lipinski definition) is 2. The van der Waals surface area contributed by atoms with Crippen LogP contribution in [0.2, 0.25) is 0 Å². The smallest absolute Gasteiger partial charge is 0.308 e. The monoisotopic (exact) mass is 359 g/mol. The molecule has 6 nitrogen and oxygen atoms in total. The Morgan fingerprint density at radius 1 is 1.16 bits per heavy atom. The first-order chi connectivity index (χ1) is 11.9. The van der Waals surface area contributed by atoms with Crippen LogP contribution in [-0.2, 0) is 9.59 Å². The van der Waals surface area contributed by atoms with Gasteiger partial charge in [-0.3, -0.25) is 9.59 Å². The summed E-state index contributed by atoms with van der Waals surface area (Å²) in [7, 11) is 0. The number of aromatic nitrogens is 2. The minimum absolute atomic E-state index is 0.124. The molecule has 25 heavy (non-hydrogen) atoms. The van der Waals surface area contributed by atoms with E-state index in [1.165, 1.54) is 11.8 Å². The van der Waals surface area contributed by atoms with Crippen molar-refractivity contribution in [3.05, 3.63) is 53.3 Å². The summed E-state index contributed by atoms with van der Waals surface area (Å²) in [5.74, 6) is -1.83. The molecule has 1 heterocycles. The molecule has 7 heteroatoms. The van der Waals surface area contributed by atoms with Gasteiger partial charge in [-0.1, -0.05) is 42.1 Å². The predicted octanol–water partition coefficient (Wildman–Crippen LogP) is 2.76. The van der Waals surface area contributed by atoms with Crippen molar-refractivity contribution >= 4 is 23.6 Å². The van der Waals surface area contributed by atoms with Crippen molar-refractivity contribution in [3.63, 3.8) is 0 Å². The summed E-state index contributed by atoms with van der Waals surface area (Å²) >= 11 is 1.23. The molecular weight excluding hydrogens is 338 g/mol. The van der Waals surface area contributed by atoms with Crippen LogP contribution >= 0.6 is 11.8 Å². The SMILES string of the molecule is Cc1cc(C)nc(SCC(=O)NC(c2ccccc2)C(C)C(=O)O)n1. The van der Waals surface area contributed by atoms with Gasteiger partial charge in [0.05, 0.1) is 17.7 Å². The van der Waals surface area contributed by atoms with Crippen molar-refractivity contribution in [2.75, 3.05) is 5.75 Å². The topological polar surface area (TPSA) is 92.2 Å². The lowest BCUT2D eigenvalue weighted by atomic mass is 9.94. The third-order valence-electron chi connectivity index (χ3n) is 3.66. The Labute approximate surface area is 151 Å². The number of carboxylic acid groups (broad SMARTS) is 1. The quantitative estimate of drug-likeness (QED) is 0.583. The Balaban J connectivity index is 2.05. The lowest BCUT2D eigenvalue weighted by Gasteiger charge is -2.22. The van der Waals surface area contributed by atoms with Crippen LogP contribution in [0.25, 0.3) is 0 Å². The van der Waals surface area contributed by atoms with Gasteiger partial charge in [0.25, 0.3) is 0 Å². The molecule has 0 spiro atoms. The predicted molar refractivity (Wildman–Crippen MR) is 96.4 cm³/mol. The van der Waals surface area contributed by atoms with Crippen LogP contribution < -0.4 is 5.32 Å². The van der Waals surface area contributed by atoms with E-state index >= 15 is 0 Å². The summed E-state index contributed by atoms with van der Waals surface area (Å²) in [6.45, 7) is 5.33. The Morgan fingerprint density at radius 2 is 1.76 bits per heavy atom. The third-order valence-corrected chi connectivity index (χ3v) is 4.51. The highest BCUT2D eigenvalue weighted by Crippen LogP contribution is 2.23. The van der Waals surface area contributed by atoms with Crippen molar-refractivity contribution < 1.29 is 14.7 Å². The van der Waals surface area contributed by atoms with Crippen LogP contribution in [-0.4, -0.2) is 32.7 Å². The molecule has 2 atom stereocenters. The van der Waals surface area contributed by atoms with E-state index in [4.69, 9.17) is 0 Å².